The lowest BCUT2D eigenvalue weighted by Gasteiger charge is -2.38. The molecule has 0 spiro atoms. The van der Waals surface area contributed by atoms with Crippen LogP contribution in [-0.2, 0) is 10.0 Å². The molecule has 4 N–H and O–H groups in total. The normalized spacial score (nSPS) is 19.4. The fourth-order valence-electron chi connectivity index (χ4n) is 2.36. The first-order chi connectivity index (χ1) is 8.69. The number of nitrogens with two attached hydrogens (primary N) is 2. The van der Waals surface area contributed by atoms with Gasteiger partial charge in [-0.05, 0) is 36.5 Å². The minimum absolute atomic E-state index is 0.00594. The molecule has 0 radical (unpaired) electrons. The summed E-state index contributed by atoms with van der Waals surface area (Å²) in [5, 5.41) is 5.10. The lowest BCUT2D eigenvalue weighted by molar-refractivity contribution is 0.280. The summed E-state index contributed by atoms with van der Waals surface area (Å²) in [5.41, 5.74) is 7.33. The average Bonchev–Trinajstić information content (AvgIpc) is 2.27. The molecule has 1 fully saturated rings. The van der Waals surface area contributed by atoms with Gasteiger partial charge in [0.25, 0.3) is 0 Å². The van der Waals surface area contributed by atoms with E-state index in [-0.39, 0.29) is 10.6 Å². The molecule has 6 heteroatoms. The molecule has 5 nitrogen and oxygen atoms in total. The van der Waals surface area contributed by atoms with Gasteiger partial charge in [-0.2, -0.15) is 0 Å². The smallest absolute Gasteiger partial charge is 0.240 e. The topological polar surface area (TPSA) is 89.4 Å². The molecule has 0 aromatic heterocycles. The van der Waals surface area contributed by atoms with Crippen molar-refractivity contribution in [2.75, 3.05) is 23.7 Å². The predicted octanol–water partition coefficient (Wildman–Crippen LogP) is 1.54. The standard InChI is InChI=1S/C13H21N3O2S/c1-13(2)5-7-16(8-6-13)10-3-4-12(11(14)9-10)19(15,17)18/h3-4,9H,5-8,14H2,1-2H3,(H2,15,17,18). The van der Waals surface area contributed by atoms with Gasteiger partial charge in [-0.25, -0.2) is 13.6 Å². The summed E-state index contributed by atoms with van der Waals surface area (Å²) < 4.78 is 22.6. The second kappa shape index (κ2) is 4.68. The number of piperidine rings is 1. The first kappa shape index (κ1) is 14.1. The molecule has 1 aliphatic rings. The molecule has 1 aromatic carbocycles. The van der Waals surface area contributed by atoms with Crippen LogP contribution in [0, 0.1) is 5.41 Å². The molecular formula is C13H21N3O2S. The number of benzene rings is 1. The Balaban J connectivity index is 2.22. The molecule has 2 rings (SSSR count). The Labute approximate surface area is 114 Å². The van der Waals surface area contributed by atoms with Crippen LogP contribution in [0.5, 0.6) is 0 Å². The number of nitrogen functional groups attached to an aromatic ring is 1. The van der Waals surface area contributed by atoms with Crippen LogP contribution in [0.3, 0.4) is 0 Å². The van der Waals surface area contributed by atoms with Gasteiger partial charge < -0.3 is 10.6 Å². The van der Waals surface area contributed by atoms with Crippen LogP contribution in [0.4, 0.5) is 11.4 Å². The first-order valence-corrected chi connectivity index (χ1v) is 7.91. The Morgan fingerprint density at radius 2 is 1.79 bits per heavy atom. The summed E-state index contributed by atoms with van der Waals surface area (Å²) in [6.07, 6.45) is 2.23. The SMILES string of the molecule is CC1(C)CCN(c2ccc(S(N)(=O)=O)c(N)c2)CC1. The van der Waals surface area contributed by atoms with E-state index in [0.29, 0.717) is 5.41 Å². The number of rotatable bonds is 2. The van der Waals surface area contributed by atoms with Gasteiger partial charge in [0, 0.05) is 18.8 Å². The van der Waals surface area contributed by atoms with Crippen LogP contribution in [0.25, 0.3) is 0 Å². The van der Waals surface area contributed by atoms with Gasteiger partial charge in [-0.3, -0.25) is 0 Å². The van der Waals surface area contributed by atoms with E-state index in [1.54, 1.807) is 12.1 Å². The van der Waals surface area contributed by atoms with Crippen LogP contribution in [0.1, 0.15) is 26.7 Å². The van der Waals surface area contributed by atoms with Gasteiger partial charge in [0.2, 0.25) is 10.0 Å². The molecule has 106 valence electrons. The molecule has 0 amide bonds. The second-order valence-corrected chi connectivity index (χ2v) is 7.45. The maximum Gasteiger partial charge on any atom is 0.240 e. The van der Waals surface area contributed by atoms with Crippen molar-refractivity contribution in [2.24, 2.45) is 10.6 Å². The highest BCUT2D eigenvalue weighted by atomic mass is 32.2. The zero-order chi connectivity index (χ0) is 14.3. The maximum absolute atomic E-state index is 11.3. The van der Waals surface area contributed by atoms with Crippen LogP contribution in [-0.4, -0.2) is 21.5 Å². The zero-order valence-corrected chi connectivity index (χ0v) is 12.2. The first-order valence-electron chi connectivity index (χ1n) is 6.36. The molecule has 0 saturated carbocycles. The highest BCUT2D eigenvalue weighted by Crippen LogP contribution is 2.33. The number of hydrogen-bond acceptors (Lipinski definition) is 4. The van der Waals surface area contributed by atoms with Gasteiger partial charge in [0.05, 0.1) is 5.69 Å². The summed E-state index contributed by atoms with van der Waals surface area (Å²) >= 11 is 0. The van der Waals surface area contributed by atoms with Crippen molar-refractivity contribution in [1.82, 2.24) is 0 Å². The third kappa shape index (κ3) is 3.19. The number of sulfonamides is 1. The Hall–Kier alpha value is -1.27. The van der Waals surface area contributed by atoms with Crippen molar-refractivity contribution in [2.45, 2.75) is 31.6 Å². The number of primary sulfonamides is 1. The van der Waals surface area contributed by atoms with Gasteiger partial charge >= 0.3 is 0 Å². The van der Waals surface area contributed by atoms with Crippen LogP contribution < -0.4 is 15.8 Å². The fourth-order valence-corrected chi connectivity index (χ4v) is 3.01. The number of nitrogens with zero attached hydrogens (tertiary/aromatic N) is 1. The zero-order valence-electron chi connectivity index (χ0n) is 11.4. The predicted molar refractivity (Wildman–Crippen MR) is 77.5 cm³/mol. The third-order valence-electron chi connectivity index (χ3n) is 3.78. The quantitative estimate of drug-likeness (QED) is 0.806. The van der Waals surface area contributed by atoms with Gasteiger partial charge in [-0.1, -0.05) is 13.8 Å². The lowest BCUT2D eigenvalue weighted by Crippen LogP contribution is -2.37. The lowest BCUT2D eigenvalue weighted by atomic mass is 9.82. The Morgan fingerprint density at radius 3 is 2.26 bits per heavy atom. The van der Waals surface area contributed by atoms with Crippen molar-refractivity contribution in [3.8, 4) is 0 Å². The summed E-state index contributed by atoms with van der Waals surface area (Å²) in [7, 11) is -3.74. The molecule has 1 saturated heterocycles. The summed E-state index contributed by atoms with van der Waals surface area (Å²) in [5.74, 6) is 0. The largest absolute Gasteiger partial charge is 0.398 e. The maximum atomic E-state index is 11.3. The molecule has 0 bridgehead atoms. The van der Waals surface area contributed by atoms with Crippen molar-refractivity contribution in [3.63, 3.8) is 0 Å². The van der Waals surface area contributed by atoms with E-state index in [9.17, 15) is 8.42 Å². The highest BCUT2D eigenvalue weighted by Gasteiger charge is 2.25. The number of hydrogen-bond donors (Lipinski definition) is 2. The van der Waals surface area contributed by atoms with Gasteiger partial charge in [-0.15, -0.1) is 0 Å². The third-order valence-corrected chi connectivity index (χ3v) is 4.77. The van der Waals surface area contributed by atoms with Crippen LogP contribution >= 0.6 is 0 Å². The van der Waals surface area contributed by atoms with E-state index >= 15 is 0 Å². The minimum atomic E-state index is -3.74. The highest BCUT2D eigenvalue weighted by molar-refractivity contribution is 7.89. The molecule has 0 atom stereocenters. The van der Waals surface area contributed by atoms with Crippen molar-refractivity contribution in [1.29, 1.82) is 0 Å². The van der Waals surface area contributed by atoms with Crippen LogP contribution in [0.15, 0.2) is 23.1 Å². The van der Waals surface area contributed by atoms with E-state index in [1.807, 2.05) is 0 Å². The number of anilines is 2. The van der Waals surface area contributed by atoms with E-state index < -0.39 is 10.0 Å². The van der Waals surface area contributed by atoms with E-state index in [1.165, 1.54) is 6.07 Å². The van der Waals surface area contributed by atoms with Gasteiger partial charge in [0.15, 0.2) is 0 Å². The second-order valence-electron chi connectivity index (χ2n) is 5.92. The summed E-state index contributed by atoms with van der Waals surface area (Å²) in [6, 6.07) is 4.95. The molecule has 1 aliphatic heterocycles. The van der Waals surface area contributed by atoms with Gasteiger partial charge in [0.1, 0.15) is 4.90 Å². The van der Waals surface area contributed by atoms with E-state index in [4.69, 9.17) is 10.9 Å². The molecule has 0 aliphatic carbocycles. The summed E-state index contributed by atoms with van der Waals surface area (Å²) in [4.78, 5) is 2.22. The average molecular weight is 283 g/mol. The molecule has 19 heavy (non-hydrogen) atoms. The monoisotopic (exact) mass is 283 g/mol. The van der Waals surface area contributed by atoms with Crippen molar-refractivity contribution in [3.05, 3.63) is 18.2 Å². The molecule has 0 unspecified atom stereocenters. The van der Waals surface area contributed by atoms with Crippen molar-refractivity contribution < 1.29 is 8.42 Å². The summed E-state index contributed by atoms with van der Waals surface area (Å²) in [6.45, 7) is 6.45. The van der Waals surface area contributed by atoms with Crippen molar-refractivity contribution >= 4 is 21.4 Å². The molecule has 1 heterocycles. The molecule has 1 aromatic rings. The molecular weight excluding hydrogens is 262 g/mol. The van der Waals surface area contributed by atoms with E-state index in [2.05, 4.69) is 18.7 Å². The van der Waals surface area contributed by atoms with E-state index in [0.717, 1.165) is 31.6 Å². The Kier molecular flexibility index (Phi) is 3.49. The Morgan fingerprint density at radius 1 is 1.21 bits per heavy atom. The van der Waals surface area contributed by atoms with Crippen LogP contribution in [0.2, 0.25) is 0 Å². The minimum Gasteiger partial charge on any atom is -0.398 e. The Bertz CT molecular complexity index is 572. The fraction of sp³-hybridized carbons (Fsp3) is 0.538.